The summed E-state index contributed by atoms with van der Waals surface area (Å²) >= 11 is 0. The number of amides is 1. The van der Waals surface area contributed by atoms with Gasteiger partial charge in [0.1, 0.15) is 13.2 Å². The number of rotatable bonds is 60. The number of quaternary nitrogens is 1. The van der Waals surface area contributed by atoms with E-state index in [0.29, 0.717) is 23.9 Å². The van der Waals surface area contributed by atoms with Gasteiger partial charge in [-0.15, -0.1) is 0 Å². The molecule has 0 bridgehead atoms. The first-order chi connectivity index (χ1) is 36.0. The van der Waals surface area contributed by atoms with Crippen molar-refractivity contribution in [1.82, 2.24) is 5.32 Å². The molecule has 2 N–H and O–H groups in total. The molecule has 8 nitrogen and oxygen atoms in total. The van der Waals surface area contributed by atoms with E-state index in [1.807, 2.05) is 21.1 Å². The molecule has 0 saturated carbocycles. The molecule has 74 heavy (non-hydrogen) atoms. The van der Waals surface area contributed by atoms with E-state index in [9.17, 15) is 19.4 Å². The highest BCUT2D eigenvalue weighted by atomic mass is 31.2. The lowest BCUT2D eigenvalue weighted by Gasteiger charge is -2.30. The summed E-state index contributed by atoms with van der Waals surface area (Å²) < 4.78 is 23.4. The van der Waals surface area contributed by atoms with E-state index in [1.54, 1.807) is 0 Å². The Bertz CT molecular complexity index is 1300. The number of carbonyl (C=O) groups excluding carboxylic acids is 1. The van der Waals surface area contributed by atoms with Gasteiger partial charge in [-0.2, -0.15) is 0 Å². The topological polar surface area (TPSA) is 108 Å². The average molecular weight is 1060 g/mol. The molecule has 0 spiro atoms. The van der Waals surface area contributed by atoms with E-state index >= 15 is 0 Å². The standard InChI is InChI=1S/C65H127N2O6P/c1-6-8-10-12-14-16-18-19-20-21-22-23-24-25-26-27-28-29-30-31-32-33-34-35-36-37-38-39-40-41-42-43-44-45-46-47-49-51-53-55-57-59-65(69)66-63(62-73-74(70,71)72-61-60-67(3,4)5)64(68)58-56-54-52-50-48-17-15-13-11-9-7-2/h18-19,21-22,24-25,63-64,68H,6-17,20,23,26-62H2,1-5H3,(H-,66,69,70,71)/b19-18-,22-21-,25-24-. The van der Waals surface area contributed by atoms with Gasteiger partial charge in [-0.05, 0) is 51.4 Å². The molecule has 0 aromatic carbocycles. The van der Waals surface area contributed by atoms with Crippen molar-refractivity contribution < 1.29 is 32.9 Å². The van der Waals surface area contributed by atoms with Crippen molar-refractivity contribution in [2.75, 3.05) is 40.9 Å². The van der Waals surface area contributed by atoms with E-state index in [0.717, 1.165) is 51.4 Å². The van der Waals surface area contributed by atoms with Gasteiger partial charge in [0, 0.05) is 6.42 Å². The van der Waals surface area contributed by atoms with Crippen LogP contribution in [0.4, 0.5) is 0 Å². The monoisotopic (exact) mass is 1060 g/mol. The number of unbranched alkanes of at least 4 members (excludes halogenated alkanes) is 41. The van der Waals surface area contributed by atoms with Crippen LogP contribution in [-0.2, 0) is 18.4 Å². The smallest absolute Gasteiger partial charge is 0.268 e. The summed E-state index contributed by atoms with van der Waals surface area (Å²) in [4.78, 5) is 25.5. The molecule has 0 aromatic rings. The zero-order chi connectivity index (χ0) is 54.2. The number of carbonyl (C=O) groups is 1. The van der Waals surface area contributed by atoms with Crippen LogP contribution in [-0.4, -0.2) is 68.5 Å². The maximum Gasteiger partial charge on any atom is 0.268 e. The van der Waals surface area contributed by atoms with Crippen LogP contribution in [0.1, 0.15) is 322 Å². The Morgan fingerprint density at radius 2 is 0.784 bits per heavy atom. The second kappa shape index (κ2) is 56.4. The van der Waals surface area contributed by atoms with Gasteiger partial charge in [0.15, 0.2) is 0 Å². The predicted molar refractivity (Wildman–Crippen MR) is 321 cm³/mol. The number of aliphatic hydroxyl groups excluding tert-OH is 1. The number of phosphoric ester groups is 1. The van der Waals surface area contributed by atoms with Crippen LogP contribution >= 0.6 is 7.82 Å². The molecule has 438 valence electrons. The minimum Gasteiger partial charge on any atom is -0.756 e. The largest absolute Gasteiger partial charge is 0.756 e. The van der Waals surface area contributed by atoms with Crippen LogP contribution in [0.5, 0.6) is 0 Å². The summed E-state index contributed by atoms with van der Waals surface area (Å²) in [5.41, 5.74) is 0. The van der Waals surface area contributed by atoms with Crippen LogP contribution in [0.25, 0.3) is 0 Å². The first kappa shape index (κ1) is 72.7. The summed E-state index contributed by atoms with van der Waals surface area (Å²) in [5, 5.41) is 14.0. The highest BCUT2D eigenvalue weighted by Gasteiger charge is 2.24. The van der Waals surface area contributed by atoms with Crippen molar-refractivity contribution in [2.24, 2.45) is 0 Å². The van der Waals surface area contributed by atoms with Crippen molar-refractivity contribution in [1.29, 1.82) is 0 Å². The van der Waals surface area contributed by atoms with Crippen LogP contribution in [0.15, 0.2) is 36.5 Å². The Morgan fingerprint density at radius 3 is 1.14 bits per heavy atom. The van der Waals surface area contributed by atoms with Gasteiger partial charge in [-0.25, -0.2) is 0 Å². The quantitative estimate of drug-likeness (QED) is 0.0272. The van der Waals surface area contributed by atoms with Crippen molar-refractivity contribution >= 4 is 13.7 Å². The number of nitrogens with zero attached hydrogens (tertiary/aromatic N) is 1. The average Bonchev–Trinajstić information content (AvgIpc) is 3.36. The molecule has 0 aliphatic carbocycles. The molecule has 0 rings (SSSR count). The lowest BCUT2D eigenvalue weighted by atomic mass is 10.0. The highest BCUT2D eigenvalue weighted by Crippen LogP contribution is 2.38. The van der Waals surface area contributed by atoms with Gasteiger partial charge in [0.25, 0.3) is 7.82 Å². The van der Waals surface area contributed by atoms with E-state index in [2.05, 4.69) is 55.6 Å². The first-order valence-corrected chi connectivity index (χ1v) is 33.8. The number of phosphoric acid groups is 1. The Kier molecular flexibility index (Phi) is 55.5. The number of aliphatic hydroxyl groups is 1. The van der Waals surface area contributed by atoms with Crippen LogP contribution in [0.3, 0.4) is 0 Å². The second-order valence-corrected chi connectivity index (χ2v) is 24.9. The fourth-order valence-corrected chi connectivity index (χ4v) is 10.5. The zero-order valence-electron chi connectivity index (χ0n) is 50.1. The number of nitrogens with one attached hydrogen (secondary N) is 1. The fourth-order valence-electron chi connectivity index (χ4n) is 9.82. The van der Waals surface area contributed by atoms with Gasteiger partial charge in [-0.3, -0.25) is 9.36 Å². The summed E-state index contributed by atoms with van der Waals surface area (Å²) in [6, 6.07) is -0.796. The molecule has 3 unspecified atom stereocenters. The summed E-state index contributed by atoms with van der Waals surface area (Å²) in [6.45, 7) is 4.73. The number of hydrogen-bond donors (Lipinski definition) is 2. The summed E-state index contributed by atoms with van der Waals surface area (Å²) in [5.74, 6) is -0.160. The molecule has 0 saturated heterocycles. The van der Waals surface area contributed by atoms with E-state index in [1.165, 1.54) is 244 Å². The minimum atomic E-state index is -4.57. The molecular formula is C65H127N2O6P. The maximum atomic E-state index is 13.0. The molecule has 0 radical (unpaired) electrons. The third-order valence-electron chi connectivity index (χ3n) is 14.9. The Balaban J connectivity index is 3.78. The number of hydrogen-bond acceptors (Lipinski definition) is 6. The number of likely N-dealkylation sites (N-methyl/N-ethyl adjacent to an activating group) is 1. The molecular weight excluding hydrogens is 936 g/mol. The van der Waals surface area contributed by atoms with Gasteiger partial charge in [0.2, 0.25) is 5.91 Å². The van der Waals surface area contributed by atoms with Gasteiger partial charge < -0.3 is 28.8 Å². The highest BCUT2D eigenvalue weighted by molar-refractivity contribution is 7.45. The van der Waals surface area contributed by atoms with Crippen molar-refractivity contribution in [3.8, 4) is 0 Å². The Labute approximate surface area is 461 Å². The second-order valence-electron chi connectivity index (χ2n) is 23.5. The SMILES string of the molecule is CCCCCCC/C=C\C/C=C\C/C=C\CCCCCCCCCCCCCCCCCCCCCCCCCCCCC(=O)NC(COP(=O)([O-])OCC[N+](C)(C)C)C(O)CCCCCCCCCCCCC. The Hall–Kier alpha value is -1.28. The molecule has 1 amide bonds. The first-order valence-electron chi connectivity index (χ1n) is 32.3. The van der Waals surface area contributed by atoms with E-state index in [-0.39, 0.29) is 19.1 Å². The fraction of sp³-hybridized carbons (Fsp3) is 0.892. The van der Waals surface area contributed by atoms with Gasteiger partial charge in [-0.1, -0.05) is 301 Å². The van der Waals surface area contributed by atoms with Gasteiger partial charge in [0.05, 0.1) is 39.9 Å². The van der Waals surface area contributed by atoms with Crippen molar-refractivity contribution in [2.45, 2.75) is 334 Å². The van der Waals surface area contributed by atoms with Crippen molar-refractivity contribution in [3.05, 3.63) is 36.5 Å². The molecule has 0 fully saturated rings. The lowest BCUT2D eigenvalue weighted by Crippen LogP contribution is -2.46. The van der Waals surface area contributed by atoms with Crippen molar-refractivity contribution in [3.63, 3.8) is 0 Å². The number of allylic oxidation sites excluding steroid dienone is 6. The minimum absolute atomic E-state index is 0.0144. The summed E-state index contributed by atoms with van der Waals surface area (Å²) in [7, 11) is 1.32. The molecule has 0 heterocycles. The third kappa shape index (κ3) is 58.4. The third-order valence-corrected chi connectivity index (χ3v) is 15.8. The van der Waals surface area contributed by atoms with Gasteiger partial charge >= 0.3 is 0 Å². The van der Waals surface area contributed by atoms with Crippen LogP contribution in [0.2, 0.25) is 0 Å². The zero-order valence-corrected chi connectivity index (χ0v) is 51.0. The molecule has 9 heteroatoms. The lowest BCUT2D eigenvalue weighted by molar-refractivity contribution is -0.870. The van der Waals surface area contributed by atoms with E-state index < -0.39 is 20.0 Å². The van der Waals surface area contributed by atoms with E-state index in [4.69, 9.17) is 9.05 Å². The van der Waals surface area contributed by atoms with Crippen LogP contribution < -0.4 is 10.2 Å². The molecule has 0 aliphatic rings. The molecule has 3 atom stereocenters. The predicted octanol–water partition coefficient (Wildman–Crippen LogP) is 19.5. The maximum absolute atomic E-state index is 13.0. The molecule has 0 aliphatic heterocycles. The van der Waals surface area contributed by atoms with Crippen LogP contribution in [0, 0.1) is 0 Å². The normalized spacial score (nSPS) is 14.0. The Morgan fingerprint density at radius 1 is 0.473 bits per heavy atom. The summed E-state index contributed by atoms with van der Waals surface area (Å²) in [6.07, 6.45) is 73.7. The molecule has 0 aromatic heterocycles.